The number of alkyl halides is 3. The van der Waals surface area contributed by atoms with Crippen molar-refractivity contribution in [3.8, 4) is 22.9 Å². The molecule has 0 bridgehead atoms. The molecule has 0 fully saturated rings. The van der Waals surface area contributed by atoms with Crippen molar-refractivity contribution < 1.29 is 17.9 Å². The fourth-order valence-electron chi connectivity index (χ4n) is 1.88. The lowest BCUT2D eigenvalue weighted by atomic mass is 9.99. The molecule has 0 aliphatic carbocycles. The first kappa shape index (κ1) is 15.1. The first-order chi connectivity index (χ1) is 9.92. The van der Waals surface area contributed by atoms with E-state index in [9.17, 15) is 13.2 Å². The highest BCUT2D eigenvalue weighted by atomic mass is 35.5. The number of ether oxygens (including phenoxy) is 1. The van der Waals surface area contributed by atoms with Crippen molar-refractivity contribution in [3.63, 3.8) is 0 Å². The number of aromatic nitrogens is 1. The first-order valence-electron chi connectivity index (χ1n) is 5.78. The lowest BCUT2D eigenvalue weighted by Gasteiger charge is -2.15. The molecule has 1 aromatic carbocycles. The molecule has 1 aromatic heterocycles. The van der Waals surface area contributed by atoms with Crippen LogP contribution in [-0.4, -0.2) is 11.3 Å². The van der Waals surface area contributed by atoms with E-state index in [4.69, 9.17) is 16.9 Å². The zero-order valence-electron chi connectivity index (χ0n) is 10.5. The number of benzene rings is 1. The van der Waals surface area contributed by atoms with Crippen LogP contribution in [0.15, 0.2) is 36.5 Å². The van der Waals surface area contributed by atoms with Gasteiger partial charge >= 0.3 is 6.36 Å². The third kappa shape index (κ3) is 3.64. The van der Waals surface area contributed by atoms with Crippen molar-refractivity contribution >= 4 is 11.6 Å². The number of pyridine rings is 1. The van der Waals surface area contributed by atoms with Crippen molar-refractivity contribution in [3.05, 3.63) is 47.2 Å². The minimum atomic E-state index is -4.82. The van der Waals surface area contributed by atoms with Crippen molar-refractivity contribution in [2.24, 2.45) is 0 Å². The zero-order chi connectivity index (χ0) is 15.5. The molecule has 3 nitrogen and oxygen atoms in total. The molecule has 1 heterocycles. The van der Waals surface area contributed by atoms with Crippen LogP contribution < -0.4 is 4.74 Å². The Hall–Kier alpha value is -2.26. The number of para-hydroxylation sites is 1. The molecule has 0 spiro atoms. The predicted octanol–water partition coefficient (Wildman–Crippen LogP) is 4.37. The molecule has 0 radical (unpaired) electrons. The Bertz CT molecular complexity index is 695. The summed E-state index contributed by atoms with van der Waals surface area (Å²) >= 11 is 5.99. The van der Waals surface area contributed by atoms with Gasteiger partial charge in [0.25, 0.3) is 0 Å². The number of hydrogen-bond donors (Lipinski definition) is 0. The summed E-state index contributed by atoms with van der Waals surface area (Å²) in [6.07, 6.45) is -3.43. The van der Waals surface area contributed by atoms with E-state index in [1.165, 1.54) is 30.5 Å². The molecule has 0 saturated carbocycles. The lowest BCUT2D eigenvalue weighted by Crippen LogP contribution is -2.17. The van der Waals surface area contributed by atoms with Gasteiger partial charge in [0, 0.05) is 17.3 Å². The molecule has 0 atom stereocenters. The van der Waals surface area contributed by atoms with E-state index in [1.54, 1.807) is 6.07 Å². The summed E-state index contributed by atoms with van der Waals surface area (Å²) in [7, 11) is 0. The van der Waals surface area contributed by atoms with Gasteiger partial charge in [0.15, 0.2) is 0 Å². The summed E-state index contributed by atoms with van der Waals surface area (Å²) in [6, 6.07) is 9.06. The quantitative estimate of drug-likeness (QED) is 0.791. The summed E-state index contributed by atoms with van der Waals surface area (Å²) in [6.45, 7) is 0. The fraction of sp³-hybridized carbons (Fsp3) is 0.143. The number of halogens is 4. The van der Waals surface area contributed by atoms with Crippen LogP contribution >= 0.6 is 11.6 Å². The monoisotopic (exact) mass is 312 g/mol. The molecule has 0 aliphatic rings. The summed E-state index contributed by atoms with van der Waals surface area (Å²) in [4.78, 5) is 3.86. The summed E-state index contributed by atoms with van der Waals surface area (Å²) in [5.41, 5.74) is 0.884. The molecule has 21 heavy (non-hydrogen) atoms. The lowest BCUT2D eigenvalue weighted by molar-refractivity contribution is -0.274. The van der Waals surface area contributed by atoms with Crippen molar-refractivity contribution in [1.82, 2.24) is 4.98 Å². The molecule has 7 heteroatoms. The Kier molecular flexibility index (Phi) is 4.34. The van der Waals surface area contributed by atoms with Gasteiger partial charge in [-0.1, -0.05) is 29.8 Å². The zero-order valence-corrected chi connectivity index (χ0v) is 11.2. The molecule has 108 valence electrons. The van der Waals surface area contributed by atoms with Gasteiger partial charge in [-0.05, 0) is 17.7 Å². The van der Waals surface area contributed by atoms with E-state index in [0.717, 1.165) is 0 Å². The smallest absolute Gasteiger partial charge is 0.405 e. The third-order valence-electron chi connectivity index (χ3n) is 2.64. The van der Waals surface area contributed by atoms with Gasteiger partial charge in [-0.3, -0.25) is 0 Å². The minimum Gasteiger partial charge on any atom is -0.405 e. The molecule has 0 N–H and O–H groups in total. The molecule has 0 aliphatic heterocycles. The normalized spacial score (nSPS) is 11.0. The fourth-order valence-corrected chi connectivity index (χ4v) is 2.16. The van der Waals surface area contributed by atoms with Crippen LogP contribution in [0.25, 0.3) is 11.1 Å². The Morgan fingerprint density at radius 3 is 2.62 bits per heavy atom. The van der Waals surface area contributed by atoms with E-state index in [2.05, 4.69) is 9.72 Å². The number of rotatable bonds is 3. The second-order valence-corrected chi connectivity index (χ2v) is 4.37. The van der Waals surface area contributed by atoms with Gasteiger partial charge in [-0.25, -0.2) is 4.98 Å². The van der Waals surface area contributed by atoms with Gasteiger partial charge in [-0.15, -0.1) is 13.2 Å². The molecular weight excluding hydrogens is 305 g/mol. The molecule has 2 aromatic rings. The van der Waals surface area contributed by atoms with Crippen LogP contribution in [0.3, 0.4) is 0 Å². The minimum absolute atomic E-state index is 0.00206. The summed E-state index contributed by atoms with van der Waals surface area (Å²) < 4.78 is 41.4. The standard InChI is InChI=1S/C14H8ClF3N2O/c15-13-12(9(5-7-19)6-8-20-13)10-3-1-2-4-11(10)21-14(16,17)18/h1-4,6,8H,5H2. The maximum Gasteiger partial charge on any atom is 0.573 e. The molecule has 0 amide bonds. The summed E-state index contributed by atoms with van der Waals surface area (Å²) in [5, 5.41) is 8.83. The van der Waals surface area contributed by atoms with Crippen LogP contribution in [-0.2, 0) is 6.42 Å². The van der Waals surface area contributed by atoms with Crippen molar-refractivity contribution in [2.75, 3.05) is 0 Å². The topological polar surface area (TPSA) is 45.9 Å². The van der Waals surface area contributed by atoms with Gasteiger partial charge in [-0.2, -0.15) is 5.26 Å². The largest absolute Gasteiger partial charge is 0.573 e. The van der Waals surface area contributed by atoms with Crippen molar-refractivity contribution in [1.29, 1.82) is 5.26 Å². The highest BCUT2D eigenvalue weighted by Gasteiger charge is 2.32. The predicted molar refractivity (Wildman–Crippen MR) is 70.7 cm³/mol. The number of hydrogen-bond acceptors (Lipinski definition) is 3. The van der Waals surface area contributed by atoms with Crippen LogP contribution in [0.1, 0.15) is 5.56 Å². The average Bonchev–Trinajstić information content (AvgIpc) is 2.39. The van der Waals surface area contributed by atoms with E-state index in [0.29, 0.717) is 5.56 Å². The van der Waals surface area contributed by atoms with Gasteiger partial charge in [0.2, 0.25) is 0 Å². The highest BCUT2D eigenvalue weighted by molar-refractivity contribution is 6.32. The second kappa shape index (κ2) is 6.02. The Balaban J connectivity index is 2.60. The van der Waals surface area contributed by atoms with Crippen LogP contribution in [0.5, 0.6) is 5.75 Å². The molecule has 0 saturated heterocycles. The molecule has 0 unspecified atom stereocenters. The Labute approximate surface area is 123 Å². The van der Waals surface area contributed by atoms with Crippen LogP contribution in [0.4, 0.5) is 13.2 Å². The van der Waals surface area contributed by atoms with Gasteiger partial charge in [0.1, 0.15) is 10.9 Å². The highest BCUT2D eigenvalue weighted by Crippen LogP contribution is 2.38. The van der Waals surface area contributed by atoms with Crippen molar-refractivity contribution in [2.45, 2.75) is 12.8 Å². The first-order valence-corrected chi connectivity index (χ1v) is 6.15. The van der Waals surface area contributed by atoms with Crippen LogP contribution in [0, 0.1) is 11.3 Å². The summed E-state index contributed by atoms with van der Waals surface area (Å²) in [5.74, 6) is -0.390. The van der Waals surface area contributed by atoms with E-state index in [1.807, 2.05) is 6.07 Å². The van der Waals surface area contributed by atoms with Crippen LogP contribution in [0.2, 0.25) is 5.15 Å². The molecule has 2 rings (SSSR count). The maximum atomic E-state index is 12.5. The maximum absolute atomic E-state index is 12.5. The van der Waals surface area contributed by atoms with Gasteiger partial charge in [0.05, 0.1) is 12.5 Å². The second-order valence-electron chi connectivity index (χ2n) is 4.01. The van der Waals surface area contributed by atoms with Gasteiger partial charge < -0.3 is 4.74 Å². The van der Waals surface area contributed by atoms with E-state index in [-0.39, 0.29) is 28.5 Å². The number of nitrogens with zero attached hydrogens (tertiary/aromatic N) is 2. The SMILES string of the molecule is N#CCc1ccnc(Cl)c1-c1ccccc1OC(F)(F)F. The molecular formula is C14H8ClF3N2O. The Morgan fingerprint density at radius 1 is 1.24 bits per heavy atom. The third-order valence-corrected chi connectivity index (χ3v) is 2.93. The Morgan fingerprint density at radius 2 is 1.95 bits per heavy atom. The van der Waals surface area contributed by atoms with E-state index < -0.39 is 6.36 Å². The average molecular weight is 313 g/mol. The van der Waals surface area contributed by atoms with E-state index >= 15 is 0 Å². The number of nitriles is 1.